The number of nitrogens with one attached hydrogen (secondary N) is 2. The molecule has 2 N–H and O–H groups in total. The van der Waals surface area contributed by atoms with E-state index in [1.54, 1.807) is 0 Å². The van der Waals surface area contributed by atoms with Crippen LogP contribution in [-0.4, -0.2) is 18.0 Å². The number of urea groups is 1. The zero-order chi connectivity index (χ0) is 16.9. The van der Waals surface area contributed by atoms with Crippen molar-refractivity contribution in [3.8, 4) is 0 Å². The van der Waals surface area contributed by atoms with Crippen LogP contribution in [0.15, 0.2) is 24.3 Å². The summed E-state index contributed by atoms with van der Waals surface area (Å²) >= 11 is 0. The van der Waals surface area contributed by atoms with E-state index in [0.717, 1.165) is 12.1 Å². The van der Waals surface area contributed by atoms with Gasteiger partial charge in [-0.15, -0.1) is 0 Å². The van der Waals surface area contributed by atoms with Gasteiger partial charge in [-0.1, -0.05) is 12.1 Å². The fourth-order valence-electron chi connectivity index (χ4n) is 3.09. The maximum Gasteiger partial charge on any atom is 0.416 e. The zero-order valence-electron chi connectivity index (χ0n) is 12.0. The Morgan fingerprint density at radius 3 is 2.48 bits per heavy atom. The first-order valence-electron chi connectivity index (χ1n) is 7.20. The summed E-state index contributed by atoms with van der Waals surface area (Å²) in [6.45, 7) is -0.0657. The van der Waals surface area contributed by atoms with Gasteiger partial charge in [0, 0.05) is 24.4 Å². The number of rotatable bonds is 3. The fraction of sp³-hybridized carbons (Fsp3) is 0.533. The second-order valence-electron chi connectivity index (χ2n) is 6.29. The van der Waals surface area contributed by atoms with E-state index in [4.69, 9.17) is 0 Å². The van der Waals surface area contributed by atoms with Gasteiger partial charge in [0.05, 0.1) is 5.56 Å². The molecule has 2 aliphatic carbocycles. The first kappa shape index (κ1) is 16.0. The quantitative estimate of drug-likeness (QED) is 0.813. The highest BCUT2D eigenvalue weighted by atomic mass is 19.4. The Bertz CT molecular complexity index is 623. The summed E-state index contributed by atoms with van der Waals surface area (Å²) in [5, 5.41) is 5.00. The van der Waals surface area contributed by atoms with Crippen molar-refractivity contribution in [2.75, 3.05) is 0 Å². The van der Waals surface area contributed by atoms with E-state index in [1.165, 1.54) is 12.1 Å². The minimum Gasteiger partial charge on any atom is -0.335 e. The maximum absolute atomic E-state index is 13.0. The van der Waals surface area contributed by atoms with E-state index in [9.17, 15) is 26.7 Å². The number of halogens is 5. The van der Waals surface area contributed by atoms with Gasteiger partial charge in [0.1, 0.15) is 0 Å². The standard InChI is InChI=1S/C15H15F5N2O/c16-14(17)8-13(14)5-11(6-13)22-12(23)21-7-9-2-1-3-10(4-9)15(18,19)20/h1-4,11H,5-8H2,(H2,21,22,23). The van der Waals surface area contributed by atoms with Gasteiger partial charge in [-0.25, -0.2) is 13.6 Å². The van der Waals surface area contributed by atoms with Crippen LogP contribution < -0.4 is 10.6 Å². The molecule has 0 saturated heterocycles. The molecule has 0 bridgehead atoms. The third kappa shape index (κ3) is 3.11. The molecular formula is C15H15F5N2O. The Balaban J connectivity index is 1.45. The van der Waals surface area contributed by atoms with E-state index in [1.807, 2.05) is 0 Å². The average molecular weight is 334 g/mol. The maximum atomic E-state index is 13.0. The largest absolute Gasteiger partial charge is 0.416 e. The molecule has 0 aromatic heterocycles. The Morgan fingerprint density at radius 2 is 1.91 bits per heavy atom. The number of alkyl halides is 5. The van der Waals surface area contributed by atoms with E-state index in [2.05, 4.69) is 10.6 Å². The van der Waals surface area contributed by atoms with Crippen LogP contribution >= 0.6 is 0 Å². The monoisotopic (exact) mass is 334 g/mol. The van der Waals surface area contributed by atoms with Crippen LogP contribution in [0.1, 0.15) is 30.4 Å². The summed E-state index contributed by atoms with van der Waals surface area (Å²) < 4.78 is 63.8. The van der Waals surface area contributed by atoms with Gasteiger partial charge in [-0.05, 0) is 30.5 Å². The Kier molecular flexibility index (Phi) is 3.53. The van der Waals surface area contributed by atoms with Crippen molar-refractivity contribution in [1.29, 1.82) is 0 Å². The molecule has 126 valence electrons. The summed E-state index contributed by atoms with van der Waals surface area (Å²) in [5.74, 6) is -2.61. The van der Waals surface area contributed by atoms with E-state index < -0.39 is 29.1 Å². The van der Waals surface area contributed by atoms with Crippen molar-refractivity contribution in [1.82, 2.24) is 10.6 Å². The van der Waals surface area contributed by atoms with E-state index in [-0.39, 0.29) is 31.8 Å². The second kappa shape index (κ2) is 5.07. The molecule has 8 heteroatoms. The second-order valence-corrected chi connectivity index (χ2v) is 6.29. The SMILES string of the molecule is O=C(NCc1cccc(C(F)(F)F)c1)NC1CC2(C1)CC2(F)F. The number of hydrogen-bond acceptors (Lipinski definition) is 1. The third-order valence-electron chi connectivity index (χ3n) is 4.53. The van der Waals surface area contributed by atoms with Gasteiger partial charge >= 0.3 is 12.2 Å². The Labute approximate surface area is 129 Å². The van der Waals surface area contributed by atoms with Crippen molar-refractivity contribution in [3.63, 3.8) is 0 Å². The summed E-state index contributed by atoms with van der Waals surface area (Å²) in [4.78, 5) is 11.7. The smallest absolute Gasteiger partial charge is 0.335 e. The van der Waals surface area contributed by atoms with Crippen molar-refractivity contribution >= 4 is 6.03 Å². The van der Waals surface area contributed by atoms with Crippen molar-refractivity contribution in [2.45, 2.75) is 43.9 Å². The highest BCUT2D eigenvalue weighted by Gasteiger charge is 2.75. The van der Waals surface area contributed by atoms with Crippen LogP contribution in [0.4, 0.5) is 26.7 Å². The molecule has 1 spiro atoms. The molecular weight excluding hydrogens is 319 g/mol. The number of carbonyl (C=O) groups is 1. The molecule has 3 rings (SSSR count). The van der Waals surface area contributed by atoms with Gasteiger partial charge in [0.2, 0.25) is 0 Å². The summed E-state index contributed by atoms with van der Waals surface area (Å²) in [6.07, 6.45) is -4.06. The summed E-state index contributed by atoms with van der Waals surface area (Å²) in [6, 6.07) is 3.79. The van der Waals surface area contributed by atoms with Gasteiger partial charge in [0.15, 0.2) is 0 Å². The van der Waals surface area contributed by atoms with Crippen molar-refractivity contribution in [3.05, 3.63) is 35.4 Å². The van der Waals surface area contributed by atoms with Crippen LogP contribution in [0.2, 0.25) is 0 Å². The topological polar surface area (TPSA) is 41.1 Å². The molecule has 2 aliphatic rings. The lowest BCUT2D eigenvalue weighted by Gasteiger charge is -2.36. The zero-order valence-corrected chi connectivity index (χ0v) is 12.0. The molecule has 2 amide bonds. The molecule has 2 saturated carbocycles. The summed E-state index contributed by atoms with van der Waals surface area (Å²) in [5.41, 5.74) is -1.39. The lowest BCUT2D eigenvalue weighted by Crippen LogP contribution is -2.50. The van der Waals surface area contributed by atoms with Gasteiger partial charge < -0.3 is 10.6 Å². The highest BCUT2D eigenvalue weighted by Crippen LogP contribution is 2.70. The Hall–Kier alpha value is -1.86. The molecule has 3 nitrogen and oxygen atoms in total. The van der Waals surface area contributed by atoms with Crippen LogP contribution in [-0.2, 0) is 12.7 Å². The van der Waals surface area contributed by atoms with Crippen molar-refractivity contribution in [2.24, 2.45) is 5.41 Å². The number of amides is 2. The van der Waals surface area contributed by atoms with Crippen LogP contribution in [0, 0.1) is 5.41 Å². The lowest BCUT2D eigenvalue weighted by atomic mass is 9.76. The minimum atomic E-state index is -4.44. The molecule has 1 aromatic carbocycles. The van der Waals surface area contributed by atoms with E-state index >= 15 is 0 Å². The molecule has 0 heterocycles. The first-order valence-corrected chi connectivity index (χ1v) is 7.20. The number of hydrogen-bond donors (Lipinski definition) is 2. The van der Waals surface area contributed by atoms with E-state index in [0.29, 0.717) is 5.56 Å². The molecule has 1 aromatic rings. The van der Waals surface area contributed by atoms with Gasteiger partial charge in [0.25, 0.3) is 5.92 Å². The molecule has 23 heavy (non-hydrogen) atoms. The molecule has 2 fully saturated rings. The Morgan fingerprint density at radius 1 is 1.26 bits per heavy atom. The van der Waals surface area contributed by atoms with Crippen LogP contribution in [0.5, 0.6) is 0 Å². The minimum absolute atomic E-state index is 0.0657. The van der Waals surface area contributed by atoms with Crippen LogP contribution in [0.3, 0.4) is 0 Å². The van der Waals surface area contributed by atoms with Gasteiger partial charge in [-0.3, -0.25) is 0 Å². The molecule has 0 atom stereocenters. The molecule has 0 unspecified atom stereocenters. The first-order chi connectivity index (χ1) is 10.6. The fourth-order valence-corrected chi connectivity index (χ4v) is 3.09. The highest BCUT2D eigenvalue weighted by molar-refractivity contribution is 5.74. The van der Waals surface area contributed by atoms with Crippen LogP contribution in [0.25, 0.3) is 0 Å². The number of carbonyl (C=O) groups excluding carboxylic acids is 1. The summed E-state index contributed by atoms with van der Waals surface area (Å²) in [7, 11) is 0. The number of benzene rings is 1. The van der Waals surface area contributed by atoms with Gasteiger partial charge in [-0.2, -0.15) is 13.2 Å². The van der Waals surface area contributed by atoms with Crippen molar-refractivity contribution < 1.29 is 26.7 Å². The predicted molar refractivity (Wildman–Crippen MR) is 71.8 cm³/mol. The average Bonchev–Trinajstić information content (AvgIpc) is 2.98. The predicted octanol–water partition coefficient (Wildman–Crippen LogP) is 3.69. The molecule has 0 radical (unpaired) electrons. The molecule has 0 aliphatic heterocycles. The lowest BCUT2D eigenvalue weighted by molar-refractivity contribution is -0.137. The normalized spacial score (nSPS) is 28.1. The third-order valence-corrected chi connectivity index (χ3v) is 4.53.